The summed E-state index contributed by atoms with van der Waals surface area (Å²) >= 11 is 0. The highest BCUT2D eigenvalue weighted by molar-refractivity contribution is 5.15. The van der Waals surface area contributed by atoms with Crippen molar-refractivity contribution in [3.63, 3.8) is 0 Å². The van der Waals surface area contributed by atoms with Crippen molar-refractivity contribution in [2.75, 3.05) is 7.05 Å². The van der Waals surface area contributed by atoms with Crippen LogP contribution in [0.3, 0.4) is 0 Å². The van der Waals surface area contributed by atoms with Crippen LogP contribution < -0.4 is 5.32 Å². The van der Waals surface area contributed by atoms with Crippen molar-refractivity contribution in [2.45, 2.75) is 53.2 Å². The maximum absolute atomic E-state index is 4.53. The van der Waals surface area contributed by atoms with E-state index in [1.54, 1.807) is 6.33 Å². The summed E-state index contributed by atoms with van der Waals surface area (Å²) in [6.45, 7) is 10.3. The quantitative estimate of drug-likeness (QED) is 0.847. The molecule has 0 aliphatic carbocycles. The summed E-state index contributed by atoms with van der Waals surface area (Å²) in [6.07, 6.45) is 2.46. The molecule has 0 spiro atoms. The number of likely N-dealkylation sites (N-methyl/N-ethyl adjacent to an activating group) is 1. The van der Waals surface area contributed by atoms with Crippen LogP contribution >= 0.6 is 0 Å². The van der Waals surface area contributed by atoms with E-state index in [9.17, 15) is 0 Å². The lowest BCUT2D eigenvalue weighted by Crippen LogP contribution is -2.24. The SMILES string of the molecule is CCn1nc(C)cc1C(Cc1ncnn1CC(C)C)NC. The second kappa shape index (κ2) is 6.85. The monoisotopic (exact) mass is 290 g/mol. The minimum atomic E-state index is 0.196. The molecule has 0 radical (unpaired) electrons. The first-order chi connectivity index (χ1) is 10.0. The third-order valence-electron chi connectivity index (χ3n) is 3.56. The van der Waals surface area contributed by atoms with Gasteiger partial charge in [0, 0.05) is 19.5 Å². The van der Waals surface area contributed by atoms with Gasteiger partial charge in [0.05, 0.1) is 17.4 Å². The van der Waals surface area contributed by atoms with Crippen molar-refractivity contribution in [3.05, 3.63) is 29.6 Å². The molecule has 21 heavy (non-hydrogen) atoms. The van der Waals surface area contributed by atoms with Crippen LogP contribution in [0.2, 0.25) is 0 Å². The molecular formula is C15H26N6. The van der Waals surface area contributed by atoms with Crippen molar-refractivity contribution in [2.24, 2.45) is 5.92 Å². The summed E-state index contributed by atoms with van der Waals surface area (Å²) in [5.74, 6) is 1.58. The second-order valence-corrected chi connectivity index (χ2v) is 5.82. The zero-order valence-electron chi connectivity index (χ0n) is 13.7. The van der Waals surface area contributed by atoms with Crippen LogP contribution in [0.1, 0.15) is 44.0 Å². The van der Waals surface area contributed by atoms with Gasteiger partial charge in [-0.3, -0.25) is 4.68 Å². The number of hydrogen-bond donors (Lipinski definition) is 1. The maximum atomic E-state index is 4.53. The molecule has 0 aliphatic heterocycles. The van der Waals surface area contributed by atoms with Crippen LogP contribution in [0, 0.1) is 12.8 Å². The first-order valence-corrected chi connectivity index (χ1v) is 7.63. The number of hydrogen-bond acceptors (Lipinski definition) is 4. The molecule has 0 saturated carbocycles. The van der Waals surface area contributed by atoms with Gasteiger partial charge in [-0.2, -0.15) is 10.2 Å². The van der Waals surface area contributed by atoms with Gasteiger partial charge < -0.3 is 5.32 Å². The molecule has 1 atom stereocenters. The van der Waals surface area contributed by atoms with Crippen LogP contribution in [-0.2, 0) is 19.5 Å². The Balaban J connectivity index is 2.21. The third kappa shape index (κ3) is 3.69. The zero-order chi connectivity index (χ0) is 15.4. The highest BCUT2D eigenvalue weighted by Gasteiger charge is 2.19. The molecule has 1 unspecified atom stereocenters. The van der Waals surface area contributed by atoms with Crippen molar-refractivity contribution >= 4 is 0 Å². The molecule has 116 valence electrons. The predicted octanol–water partition coefficient (Wildman–Crippen LogP) is 1.96. The molecular weight excluding hydrogens is 264 g/mol. The molecule has 0 aliphatic rings. The van der Waals surface area contributed by atoms with Crippen molar-refractivity contribution < 1.29 is 0 Å². The Bertz CT molecular complexity index is 568. The van der Waals surface area contributed by atoms with Gasteiger partial charge in [0.15, 0.2) is 0 Å². The lowest BCUT2D eigenvalue weighted by Gasteiger charge is -2.18. The van der Waals surface area contributed by atoms with E-state index in [1.807, 2.05) is 18.7 Å². The molecule has 2 aromatic rings. The summed E-state index contributed by atoms with van der Waals surface area (Å²) < 4.78 is 4.06. The highest BCUT2D eigenvalue weighted by Crippen LogP contribution is 2.19. The second-order valence-electron chi connectivity index (χ2n) is 5.82. The van der Waals surface area contributed by atoms with E-state index in [2.05, 4.69) is 52.0 Å². The fourth-order valence-electron chi connectivity index (χ4n) is 2.58. The molecule has 1 N–H and O–H groups in total. The number of nitrogens with zero attached hydrogens (tertiary/aromatic N) is 5. The van der Waals surface area contributed by atoms with Gasteiger partial charge in [-0.1, -0.05) is 13.8 Å². The number of rotatable bonds is 7. The Morgan fingerprint density at radius 1 is 1.29 bits per heavy atom. The molecule has 0 saturated heterocycles. The molecule has 0 amide bonds. The van der Waals surface area contributed by atoms with E-state index < -0.39 is 0 Å². The van der Waals surface area contributed by atoms with Gasteiger partial charge in [-0.05, 0) is 32.9 Å². The number of aryl methyl sites for hydroxylation is 2. The zero-order valence-corrected chi connectivity index (χ0v) is 13.7. The molecule has 0 aromatic carbocycles. The number of aromatic nitrogens is 5. The fourth-order valence-corrected chi connectivity index (χ4v) is 2.58. The lowest BCUT2D eigenvalue weighted by atomic mass is 10.1. The summed E-state index contributed by atoms with van der Waals surface area (Å²) in [7, 11) is 1.98. The van der Waals surface area contributed by atoms with Crippen molar-refractivity contribution in [1.29, 1.82) is 0 Å². The predicted molar refractivity (Wildman–Crippen MR) is 83.0 cm³/mol. The average Bonchev–Trinajstić information content (AvgIpc) is 3.01. The molecule has 2 heterocycles. The largest absolute Gasteiger partial charge is 0.311 e. The molecule has 2 aromatic heterocycles. The van der Waals surface area contributed by atoms with Crippen LogP contribution in [0.5, 0.6) is 0 Å². The molecule has 6 nitrogen and oxygen atoms in total. The minimum Gasteiger partial charge on any atom is -0.311 e. The van der Waals surface area contributed by atoms with Crippen LogP contribution in [0.4, 0.5) is 0 Å². The Kier molecular flexibility index (Phi) is 5.12. The summed E-state index contributed by atoms with van der Waals surface area (Å²) in [5, 5.41) is 12.3. The van der Waals surface area contributed by atoms with Crippen LogP contribution in [0.25, 0.3) is 0 Å². The van der Waals surface area contributed by atoms with Crippen molar-refractivity contribution in [1.82, 2.24) is 29.9 Å². The standard InChI is InChI=1S/C15H26N6/c1-6-20-14(7-12(4)19-20)13(16-5)8-15-17-10-18-21(15)9-11(2)3/h7,10-11,13,16H,6,8-9H2,1-5H3. The van der Waals surface area contributed by atoms with Gasteiger partial charge in [-0.15, -0.1) is 0 Å². The van der Waals surface area contributed by atoms with Gasteiger partial charge in [0.2, 0.25) is 0 Å². The maximum Gasteiger partial charge on any atom is 0.138 e. The summed E-state index contributed by atoms with van der Waals surface area (Å²) in [6, 6.07) is 2.34. The topological polar surface area (TPSA) is 60.6 Å². The Labute approximate surface area is 126 Å². The van der Waals surface area contributed by atoms with Gasteiger partial charge >= 0.3 is 0 Å². The summed E-state index contributed by atoms with van der Waals surface area (Å²) in [5.41, 5.74) is 2.26. The smallest absolute Gasteiger partial charge is 0.138 e. The Morgan fingerprint density at radius 2 is 2.05 bits per heavy atom. The van der Waals surface area contributed by atoms with Gasteiger partial charge in [0.25, 0.3) is 0 Å². The first kappa shape index (κ1) is 15.7. The number of nitrogens with one attached hydrogen (secondary N) is 1. The van der Waals surface area contributed by atoms with E-state index in [-0.39, 0.29) is 6.04 Å². The molecule has 6 heteroatoms. The van der Waals surface area contributed by atoms with Crippen molar-refractivity contribution in [3.8, 4) is 0 Å². The molecule has 0 bridgehead atoms. The average molecular weight is 290 g/mol. The fraction of sp³-hybridized carbons (Fsp3) is 0.667. The third-order valence-corrected chi connectivity index (χ3v) is 3.56. The lowest BCUT2D eigenvalue weighted by molar-refractivity contribution is 0.442. The molecule has 2 rings (SSSR count). The van der Waals surface area contributed by atoms with E-state index in [4.69, 9.17) is 0 Å². The van der Waals surface area contributed by atoms with E-state index in [1.165, 1.54) is 5.69 Å². The molecule has 0 fully saturated rings. The van der Waals surface area contributed by atoms with Crippen LogP contribution in [0.15, 0.2) is 12.4 Å². The van der Waals surface area contributed by atoms with E-state index in [0.717, 1.165) is 31.0 Å². The Morgan fingerprint density at radius 3 is 2.67 bits per heavy atom. The van der Waals surface area contributed by atoms with Crippen LogP contribution in [-0.4, -0.2) is 31.6 Å². The van der Waals surface area contributed by atoms with E-state index in [0.29, 0.717) is 5.92 Å². The Hall–Kier alpha value is -1.69. The minimum absolute atomic E-state index is 0.196. The van der Waals surface area contributed by atoms with E-state index >= 15 is 0 Å². The highest BCUT2D eigenvalue weighted by atomic mass is 15.3. The van der Waals surface area contributed by atoms with Gasteiger partial charge in [0.1, 0.15) is 12.2 Å². The van der Waals surface area contributed by atoms with Gasteiger partial charge in [-0.25, -0.2) is 9.67 Å². The first-order valence-electron chi connectivity index (χ1n) is 7.63. The normalized spacial score (nSPS) is 13.0. The summed E-state index contributed by atoms with van der Waals surface area (Å²) in [4.78, 5) is 4.43.